The predicted molar refractivity (Wildman–Crippen MR) is 57.2 cm³/mol. The molecule has 3 nitrogen and oxygen atoms in total. The molecule has 0 amide bonds. The number of hydrogen-bond donors (Lipinski definition) is 0. The fraction of sp³-hybridized carbons (Fsp3) is 0. The maximum atomic E-state index is 5.28. The molecule has 0 aliphatic heterocycles. The van der Waals surface area contributed by atoms with E-state index in [0.29, 0.717) is 5.89 Å². The van der Waals surface area contributed by atoms with Gasteiger partial charge >= 0.3 is 0 Å². The first-order valence-corrected chi connectivity index (χ1v) is 4.69. The fourth-order valence-corrected chi connectivity index (χ4v) is 1.63. The van der Waals surface area contributed by atoms with Crippen LogP contribution < -0.4 is 0 Å². The highest BCUT2D eigenvalue weighted by Crippen LogP contribution is 2.25. The van der Waals surface area contributed by atoms with Crippen LogP contribution in [0.1, 0.15) is 0 Å². The lowest BCUT2D eigenvalue weighted by Gasteiger charge is -2.00. The Hall–Kier alpha value is -2.16. The molecule has 3 aromatic rings. The summed E-state index contributed by atoms with van der Waals surface area (Å²) in [6, 6.07) is 9.90. The molecule has 0 bridgehead atoms. The van der Waals surface area contributed by atoms with Gasteiger partial charge in [-0.05, 0) is 12.1 Å². The summed E-state index contributed by atoms with van der Waals surface area (Å²) in [5, 5.41) is 1.09. The molecule has 0 radical (unpaired) electrons. The molecule has 0 atom stereocenters. The third kappa shape index (κ3) is 1.29. The third-order valence-electron chi connectivity index (χ3n) is 2.30. The third-order valence-corrected chi connectivity index (χ3v) is 2.30. The average molecular weight is 196 g/mol. The molecule has 0 unspecified atom stereocenters. The number of oxazole rings is 1. The minimum absolute atomic E-state index is 0.610. The van der Waals surface area contributed by atoms with E-state index in [0.717, 1.165) is 16.5 Å². The van der Waals surface area contributed by atoms with Gasteiger partial charge in [-0.15, -0.1) is 0 Å². The van der Waals surface area contributed by atoms with E-state index >= 15 is 0 Å². The molecule has 72 valence electrons. The molecule has 1 aromatic carbocycles. The maximum absolute atomic E-state index is 5.28. The molecule has 0 aliphatic rings. The SMILES string of the molecule is c1cnc2c(-c3ncco3)cccc2c1. The van der Waals surface area contributed by atoms with Gasteiger partial charge in [0, 0.05) is 11.6 Å². The van der Waals surface area contributed by atoms with Crippen molar-refractivity contribution in [3.05, 3.63) is 49.0 Å². The average Bonchev–Trinajstić information content (AvgIpc) is 2.82. The smallest absolute Gasteiger partial charge is 0.228 e. The standard InChI is InChI=1S/C12H8N2O/c1-3-9-4-2-6-13-11(9)10(5-1)12-14-7-8-15-12/h1-8H. The number of rotatable bonds is 1. The molecule has 0 N–H and O–H groups in total. The van der Waals surface area contributed by atoms with Crippen LogP contribution >= 0.6 is 0 Å². The second-order valence-electron chi connectivity index (χ2n) is 3.22. The molecule has 0 fully saturated rings. The molecule has 3 heteroatoms. The van der Waals surface area contributed by atoms with E-state index in [-0.39, 0.29) is 0 Å². The highest BCUT2D eigenvalue weighted by molar-refractivity contribution is 5.91. The first-order valence-electron chi connectivity index (χ1n) is 4.69. The van der Waals surface area contributed by atoms with Crippen molar-refractivity contribution in [2.24, 2.45) is 0 Å². The Kier molecular flexibility index (Phi) is 1.75. The highest BCUT2D eigenvalue weighted by Gasteiger charge is 2.07. The van der Waals surface area contributed by atoms with Crippen LogP contribution in [0, 0.1) is 0 Å². The maximum Gasteiger partial charge on any atom is 0.228 e. The van der Waals surface area contributed by atoms with Crippen molar-refractivity contribution in [3.8, 4) is 11.5 Å². The van der Waals surface area contributed by atoms with Gasteiger partial charge in [0.25, 0.3) is 0 Å². The molecule has 0 saturated carbocycles. The number of aromatic nitrogens is 2. The summed E-state index contributed by atoms with van der Waals surface area (Å²) < 4.78 is 5.28. The Morgan fingerprint density at radius 1 is 0.933 bits per heavy atom. The van der Waals surface area contributed by atoms with Gasteiger partial charge in [0.15, 0.2) is 0 Å². The van der Waals surface area contributed by atoms with Crippen LogP contribution in [0.4, 0.5) is 0 Å². The molecule has 15 heavy (non-hydrogen) atoms. The highest BCUT2D eigenvalue weighted by atomic mass is 16.3. The van der Waals surface area contributed by atoms with Gasteiger partial charge in [-0.25, -0.2) is 4.98 Å². The quantitative estimate of drug-likeness (QED) is 0.600. The second kappa shape index (κ2) is 3.20. The number of hydrogen-bond acceptors (Lipinski definition) is 3. The van der Waals surface area contributed by atoms with Crippen molar-refractivity contribution in [1.29, 1.82) is 0 Å². The van der Waals surface area contributed by atoms with E-state index in [2.05, 4.69) is 9.97 Å². The van der Waals surface area contributed by atoms with Crippen LogP contribution in [0.3, 0.4) is 0 Å². The van der Waals surface area contributed by atoms with Crippen LogP contribution in [0.15, 0.2) is 53.4 Å². The Labute approximate surface area is 86.4 Å². The van der Waals surface area contributed by atoms with Crippen LogP contribution in [-0.2, 0) is 0 Å². The summed E-state index contributed by atoms with van der Waals surface area (Å²) >= 11 is 0. The zero-order chi connectivity index (χ0) is 10.1. The van der Waals surface area contributed by atoms with Crippen LogP contribution in [0.25, 0.3) is 22.4 Å². The summed E-state index contributed by atoms with van der Waals surface area (Å²) in [5.41, 5.74) is 1.85. The van der Waals surface area contributed by atoms with Crippen molar-refractivity contribution < 1.29 is 4.42 Å². The van der Waals surface area contributed by atoms with Gasteiger partial charge in [-0.2, -0.15) is 0 Å². The first-order chi connectivity index (χ1) is 7.45. The molecule has 2 heterocycles. The van der Waals surface area contributed by atoms with Crippen molar-refractivity contribution in [2.75, 3.05) is 0 Å². The summed E-state index contributed by atoms with van der Waals surface area (Å²) in [6.07, 6.45) is 4.98. The lowest BCUT2D eigenvalue weighted by Crippen LogP contribution is -1.83. The van der Waals surface area contributed by atoms with Crippen molar-refractivity contribution in [3.63, 3.8) is 0 Å². The van der Waals surface area contributed by atoms with Gasteiger partial charge in [-0.1, -0.05) is 18.2 Å². The van der Waals surface area contributed by atoms with Gasteiger partial charge in [0.1, 0.15) is 6.26 Å². The molecule has 0 spiro atoms. The largest absolute Gasteiger partial charge is 0.444 e. The summed E-state index contributed by atoms with van der Waals surface area (Å²) in [7, 11) is 0. The number of pyridine rings is 1. The number of fused-ring (bicyclic) bond motifs is 1. The topological polar surface area (TPSA) is 38.9 Å². The Morgan fingerprint density at radius 2 is 1.87 bits per heavy atom. The van der Waals surface area contributed by atoms with Gasteiger partial charge < -0.3 is 4.42 Å². The lowest BCUT2D eigenvalue weighted by atomic mass is 10.1. The minimum Gasteiger partial charge on any atom is -0.444 e. The zero-order valence-electron chi connectivity index (χ0n) is 7.92. The number of nitrogens with zero attached hydrogens (tertiary/aromatic N) is 2. The molecular weight excluding hydrogens is 188 g/mol. The van der Waals surface area contributed by atoms with Crippen LogP contribution in [0.5, 0.6) is 0 Å². The van der Waals surface area contributed by atoms with Gasteiger partial charge in [0.05, 0.1) is 17.3 Å². The molecule has 2 aromatic heterocycles. The minimum atomic E-state index is 0.610. The molecule has 3 rings (SSSR count). The van der Waals surface area contributed by atoms with Gasteiger partial charge in [0.2, 0.25) is 5.89 Å². The van der Waals surface area contributed by atoms with Gasteiger partial charge in [-0.3, -0.25) is 4.98 Å². The van der Waals surface area contributed by atoms with E-state index in [1.807, 2.05) is 30.3 Å². The number of para-hydroxylation sites is 1. The molecular formula is C12H8N2O. The Balaban J connectivity index is 2.36. The zero-order valence-corrected chi connectivity index (χ0v) is 7.92. The molecule has 0 aliphatic carbocycles. The fourth-order valence-electron chi connectivity index (χ4n) is 1.63. The van der Waals surface area contributed by atoms with E-state index in [1.165, 1.54) is 0 Å². The van der Waals surface area contributed by atoms with E-state index in [9.17, 15) is 0 Å². The lowest BCUT2D eigenvalue weighted by molar-refractivity contribution is 0.575. The summed E-state index contributed by atoms with van der Waals surface area (Å²) in [4.78, 5) is 8.47. The predicted octanol–water partition coefficient (Wildman–Crippen LogP) is 2.89. The summed E-state index contributed by atoms with van der Waals surface area (Å²) in [5.74, 6) is 0.610. The van der Waals surface area contributed by atoms with Crippen molar-refractivity contribution in [2.45, 2.75) is 0 Å². The van der Waals surface area contributed by atoms with E-state index in [4.69, 9.17) is 4.42 Å². The number of benzene rings is 1. The van der Waals surface area contributed by atoms with Crippen LogP contribution in [0.2, 0.25) is 0 Å². The van der Waals surface area contributed by atoms with Crippen molar-refractivity contribution >= 4 is 10.9 Å². The Morgan fingerprint density at radius 3 is 2.73 bits per heavy atom. The second-order valence-corrected chi connectivity index (χ2v) is 3.22. The van der Waals surface area contributed by atoms with E-state index < -0.39 is 0 Å². The van der Waals surface area contributed by atoms with Crippen LogP contribution in [-0.4, -0.2) is 9.97 Å². The normalized spacial score (nSPS) is 10.7. The summed E-state index contributed by atoms with van der Waals surface area (Å²) in [6.45, 7) is 0. The van der Waals surface area contributed by atoms with E-state index in [1.54, 1.807) is 18.7 Å². The molecule has 0 saturated heterocycles. The monoisotopic (exact) mass is 196 g/mol. The van der Waals surface area contributed by atoms with Crippen molar-refractivity contribution in [1.82, 2.24) is 9.97 Å². The Bertz CT molecular complexity index is 582. The first kappa shape index (κ1) is 8.17.